The number of amides is 1. The summed E-state index contributed by atoms with van der Waals surface area (Å²) in [5.74, 6) is 0.385. The maximum Gasteiger partial charge on any atom is 0.341 e. The summed E-state index contributed by atoms with van der Waals surface area (Å²) < 4.78 is 5.12. The Kier molecular flexibility index (Phi) is 4.81. The average molecular weight is 295 g/mol. The van der Waals surface area contributed by atoms with Crippen LogP contribution in [0.25, 0.3) is 0 Å². The second kappa shape index (κ2) is 6.39. The molecule has 1 heterocycles. The smallest absolute Gasteiger partial charge is 0.341 e. The van der Waals surface area contributed by atoms with Crippen LogP contribution in [-0.4, -0.2) is 18.5 Å². The molecule has 1 aromatic heterocycles. The van der Waals surface area contributed by atoms with Crippen LogP contribution in [0.2, 0.25) is 0 Å². The van der Waals surface area contributed by atoms with E-state index in [1.54, 1.807) is 6.92 Å². The van der Waals surface area contributed by atoms with E-state index >= 15 is 0 Å². The van der Waals surface area contributed by atoms with Crippen LogP contribution in [0, 0.1) is 5.92 Å². The molecule has 1 saturated carbocycles. The van der Waals surface area contributed by atoms with Crippen LogP contribution in [0.1, 0.15) is 61.9 Å². The van der Waals surface area contributed by atoms with Gasteiger partial charge in [-0.1, -0.05) is 13.8 Å². The van der Waals surface area contributed by atoms with Gasteiger partial charge in [-0.05, 0) is 42.5 Å². The fourth-order valence-electron chi connectivity index (χ4n) is 2.12. The molecule has 20 heavy (non-hydrogen) atoms. The van der Waals surface area contributed by atoms with Crippen molar-refractivity contribution in [1.82, 2.24) is 0 Å². The van der Waals surface area contributed by atoms with Crippen LogP contribution < -0.4 is 5.32 Å². The van der Waals surface area contributed by atoms with E-state index in [1.165, 1.54) is 11.3 Å². The van der Waals surface area contributed by atoms with Crippen molar-refractivity contribution in [2.24, 2.45) is 5.92 Å². The molecule has 0 spiro atoms. The van der Waals surface area contributed by atoms with Crippen molar-refractivity contribution >= 4 is 28.2 Å². The lowest BCUT2D eigenvalue weighted by Gasteiger charge is -2.09. The van der Waals surface area contributed by atoms with Crippen LogP contribution in [0.5, 0.6) is 0 Å². The summed E-state index contributed by atoms with van der Waals surface area (Å²) >= 11 is 1.42. The van der Waals surface area contributed by atoms with Gasteiger partial charge in [-0.3, -0.25) is 4.79 Å². The van der Waals surface area contributed by atoms with Gasteiger partial charge in [-0.2, -0.15) is 0 Å². The van der Waals surface area contributed by atoms with E-state index < -0.39 is 0 Å². The zero-order chi connectivity index (χ0) is 14.7. The highest BCUT2D eigenvalue weighted by atomic mass is 32.1. The van der Waals surface area contributed by atoms with Gasteiger partial charge in [0.15, 0.2) is 0 Å². The van der Waals surface area contributed by atoms with Crippen molar-refractivity contribution in [3.63, 3.8) is 0 Å². The first-order valence-corrected chi connectivity index (χ1v) is 7.99. The minimum absolute atomic E-state index is 0.0465. The van der Waals surface area contributed by atoms with E-state index in [2.05, 4.69) is 5.32 Å². The Balaban J connectivity index is 2.19. The molecule has 4 nitrogen and oxygen atoms in total. The lowest BCUT2D eigenvalue weighted by molar-refractivity contribution is -0.116. The van der Waals surface area contributed by atoms with Gasteiger partial charge in [0.1, 0.15) is 5.00 Å². The minimum atomic E-state index is -0.324. The molecule has 0 unspecified atom stereocenters. The maximum atomic E-state index is 12.1. The number of hydrogen-bond acceptors (Lipinski definition) is 4. The summed E-state index contributed by atoms with van der Waals surface area (Å²) in [4.78, 5) is 24.0. The number of ether oxygens (including phenoxy) is 1. The molecule has 1 aliphatic rings. The Bertz CT molecular complexity index is 503. The number of carbonyl (C=O) groups is 2. The third kappa shape index (κ3) is 3.60. The number of hydrogen-bond donors (Lipinski definition) is 1. The third-order valence-electron chi connectivity index (χ3n) is 3.16. The highest BCUT2D eigenvalue weighted by molar-refractivity contribution is 7.15. The summed E-state index contributed by atoms with van der Waals surface area (Å²) in [5, 5.41) is 5.48. The van der Waals surface area contributed by atoms with Gasteiger partial charge in [-0.15, -0.1) is 11.3 Å². The molecular formula is C15H21NO3S. The first-order chi connectivity index (χ1) is 9.52. The Morgan fingerprint density at radius 3 is 2.70 bits per heavy atom. The maximum absolute atomic E-state index is 12.1. The molecule has 5 heteroatoms. The van der Waals surface area contributed by atoms with E-state index in [4.69, 9.17) is 4.74 Å². The summed E-state index contributed by atoms with van der Waals surface area (Å²) in [6.45, 7) is 6.13. The average Bonchev–Trinajstić information content (AvgIpc) is 3.10. The molecule has 1 amide bonds. The van der Waals surface area contributed by atoms with Crippen LogP contribution in [0.3, 0.4) is 0 Å². The van der Waals surface area contributed by atoms with Crippen molar-refractivity contribution in [1.29, 1.82) is 0 Å². The van der Waals surface area contributed by atoms with Crippen molar-refractivity contribution in [3.05, 3.63) is 16.5 Å². The van der Waals surface area contributed by atoms with Gasteiger partial charge in [0.05, 0.1) is 12.2 Å². The second-order valence-corrected chi connectivity index (χ2v) is 6.42. The fraction of sp³-hybridized carbons (Fsp3) is 0.600. The van der Waals surface area contributed by atoms with Gasteiger partial charge in [0.25, 0.3) is 0 Å². The van der Waals surface area contributed by atoms with Crippen molar-refractivity contribution < 1.29 is 14.3 Å². The lowest BCUT2D eigenvalue weighted by atomic mass is 10.1. The van der Waals surface area contributed by atoms with Gasteiger partial charge < -0.3 is 10.1 Å². The van der Waals surface area contributed by atoms with Crippen molar-refractivity contribution in [3.8, 4) is 0 Å². The molecule has 2 rings (SSSR count). The molecular weight excluding hydrogens is 274 g/mol. The zero-order valence-electron chi connectivity index (χ0n) is 12.2. The molecule has 0 radical (unpaired) electrons. The van der Waals surface area contributed by atoms with Crippen molar-refractivity contribution in [2.45, 2.75) is 46.0 Å². The summed E-state index contributed by atoms with van der Waals surface area (Å²) in [6, 6.07) is 0. The van der Waals surface area contributed by atoms with Crippen LogP contribution in [0.15, 0.2) is 5.38 Å². The molecule has 0 saturated heterocycles. The number of rotatable bonds is 6. The van der Waals surface area contributed by atoms with E-state index in [1.807, 2.05) is 19.2 Å². The zero-order valence-corrected chi connectivity index (χ0v) is 13.0. The van der Waals surface area contributed by atoms with Gasteiger partial charge in [0.2, 0.25) is 5.91 Å². The highest BCUT2D eigenvalue weighted by Gasteiger charge is 2.32. The van der Waals surface area contributed by atoms with Gasteiger partial charge in [0, 0.05) is 6.42 Å². The fourth-order valence-corrected chi connectivity index (χ4v) is 3.17. The Morgan fingerprint density at radius 1 is 1.45 bits per heavy atom. The Labute approximate surface area is 123 Å². The predicted molar refractivity (Wildman–Crippen MR) is 80.3 cm³/mol. The van der Waals surface area contributed by atoms with Gasteiger partial charge in [-0.25, -0.2) is 4.79 Å². The first kappa shape index (κ1) is 15.0. The van der Waals surface area contributed by atoms with Crippen molar-refractivity contribution in [2.75, 3.05) is 11.9 Å². The van der Waals surface area contributed by atoms with E-state index in [9.17, 15) is 9.59 Å². The monoisotopic (exact) mass is 295 g/mol. The normalized spacial score (nSPS) is 14.4. The number of carbonyl (C=O) groups excluding carboxylic acids is 2. The molecule has 0 atom stereocenters. The standard InChI is InChI=1S/C15H21NO3S/c1-4-19-15(18)13-11(10-5-6-10)8-20-14(13)16-12(17)7-9(2)3/h8-10H,4-7H2,1-3H3,(H,16,17). The molecule has 0 aliphatic heterocycles. The molecule has 0 bridgehead atoms. The van der Waals surface area contributed by atoms with E-state index in [0.29, 0.717) is 35.4 Å². The minimum Gasteiger partial charge on any atom is -0.462 e. The summed E-state index contributed by atoms with van der Waals surface area (Å²) in [5.41, 5.74) is 1.60. The predicted octanol–water partition coefficient (Wildman–Crippen LogP) is 3.79. The molecule has 1 fully saturated rings. The van der Waals surface area contributed by atoms with E-state index in [0.717, 1.165) is 18.4 Å². The van der Waals surface area contributed by atoms with Gasteiger partial charge >= 0.3 is 5.97 Å². The SMILES string of the molecule is CCOC(=O)c1c(C2CC2)csc1NC(=O)CC(C)C. The third-order valence-corrected chi connectivity index (χ3v) is 4.08. The molecule has 1 aliphatic carbocycles. The lowest BCUT2D eigenvalue weighted by Crippen LogP contribution is -2.16. The second-order valence-electron chi connectivity index (χ2n) is 5.54. The highest BCUT2D eigenvalue weighted by Crippen LogP contribution is 2.46. The summed E-state index contributed by atoms with van der Waals surface area (Å²) in [6.07, 6.45) is 2.68. The topological polar surface area (TPSA) is 55.4 Å². The number of nitrogens with one attached hydrogen (secondary N) is 1. The summed E-state index contributed by atoms with van der Waals surface area (Å²) in [7, 11) is 0. The van der Waals surface area contributed by atoms with Crippen LogP contribution in [0.4, 0.5) is 5.00 Å². The van der Waals surface area contributed by atoms with Crippen LogP contribution in [-0.2, 0) is 9.53 Å². The Hall–Kier alpha value is -1.36. The molecule has 0 aromatic carbocycles. The number of thiophene rings is 1. The first-order valence-electron chi connectivity index (χ1n) is 7.11. The molecule has 1 N–H and O–H groups in total. The van der Waals surface area contributed by atoms with E-state index in [-0.39, 0.29) is 11.9 Å². The van der Waals surface area contributed by atoms with Crippen LogP contribution >= 0.6 is 11.3 Å². The molecule has 1 aromatic rings. The largest absolute Gasteiger partial charge is 0.462 e. The molecule has 110 valence electrons. The Morgan fingerprint density at radius 2 is 2.15 bits per heavy atom. The number of esters is 1. The number of anilines is 1. The quantitative estimate of drug-likeness (QED) is 0.812.